The largest absolute Gasteiger partial charge is 0.462 e. The maximum Gasteiger partial charge on any atom is 0.306 e. The van der Waals surface area contributed by atoms with Crippen LogP contribution in [-0.4, -0.2) is 37.9 Å². The Labute approximate surface area is 396 Å². The van der Waals surface area contributed by atoms with Crippen LogP contribution >= 0.6 is 0 Å². The van der Waals surface area contributed by atoms with Crippen LogP contribution in [0.25, 0.3) is 0 Å². The van der Waals surface area contributed by atoms with Gasteiger partial charge in [-0.05, 0) is 116 Å². The first-order valence-corrected chi connectivity index (χ1v) is 26.8. The van der Waals surface area contributed by atoms with Gasteiger partial charge in [0, 0.05) is 19.4 Å². The third-order valence-corrected chi connectivity index (χ3v) is 11.1. The highest BCUT2D eigenvalue weighted by atomic mass is 16.6. The third kappa shape index (κ3) is 51.5. The van der Waals surface area contributed by atoms with E-state index in [-0.39, 0.29) is 25.2 Å². The van der Waals surface area contributed by atoms with Gasteiger partial charge in [-0.15, -0.1) is 0 Å². The lowest BCUT2D eigenvalue weighted by atomic mass is 10.1. The number of carbonyl (C=O) groups is 2. The Hall–Kier alpha value is -3.18. The number of ether oxygens (including phenoxy) is 3. The van der Waals surface area contributed by atoms with Crippen molar-refractivity contribution >= 4 is 11.9 Å². The zero-order valence-electron chi connectivity index (χ0n) is 42.0. The summed E-state index contributed by atoms with van der Waals surface area (Å²) in [5.41, 5.74) is 0. The lowest BCUT2D eigenvalue weighted by molar-refractivity contribution is -0.163. The van der Waals surface area contributed by atoms with E-state index in [9.17, 15) is 9.59 Å². The summed E-state index contributed by atoms with van der Waals surface area (Å²) < 4.78 is 17.4. The Morgan fingerprint density at radius 3 is 1.19 bits per heavy atom. The van der Waals surface area contributed by atoms with Crippen molar-refractivity contribution < 1.29 is 23.8 Å². The zero-order chi connectivity index (χ0) is 46.3. The fourth-order valence-electron chi connectivity index (χ4n) is 7.10. The van der Waals surface area contributed by atoms with Gasteiger partial charge < -0.3 is 14.2 Å². The minimum absolute atomic E-state index is 0.0617. The summed E-state index contributed by atoms with van der Waals surface area (Å²) >= 11 is 0. The molecule has 0 aromatic carbocycles. The van der Waals surface area contributed by atoms with Crippen LogP contribution in [0.4, 0.5) is 0 Å². The average Bonchev–Trinajstić information content (AvgIpc) is 3.30. The average molecular weight is 889 g/mol. The fourth-order valence-corrected chi connectivity index (χ4v) is 7.10. The van der Waals surface area contributed by atoms with E-state index >= 15 is 0 Å². The van der Waals surface area contributed by atoms with Crippen molar-refractivity contribution in [1.82, 2.24) is 0 Å². The first kappa shape index (κ1) is 60.8. The summed E-state index contributed by atoms with van der Waals surface area (Å²) in [6.45, 7) is 7.57. The van der Waals surface area contributed by atoms with E-state index in [2.05, 4.69) is 118 Å². The number of rotatable bonds is 48. The molecule has 1 unspecified atom stereocenters. The van der Waals surface area contributed by atoms with Crippen LogP contribution in [0.5, 0.6) is 0 Å². The Morgan fingerprint density at radius 1 is 0.359 bits per heavy atom. The highest BCUT2D eigenvalue weighted by molar-refractivity contribution is 5.70. The number of carbonyl (C=O) groups excluding carboxylic acids is 2. The smallest absolute Gasteiger partial charge is 0.306 e. The van der Waals surface area contributed by atoms with Crippen molar-refractivity contribution in [3.05, 3.63) is 97.2 Å². The second kappa shape index (κ2) is 54.2. The Balaban J connectivity index is 4.32. The van der Waals surface area contributed by atoms with Crippen LogP contribution < -0.4 is 0 Å². The van der Waals surface area contributed by atoms with Gasteiger partial charge in [0.25, 0.3) is 0 Å². The number of esters is 2. The molecule has 0 aliphatic heterocycles. The van der Waals surface area contributed by atoms with Crippen LogP contribution in [0.1, 0.15) is 239 Å². The van der Waals surface area contributed by atoms with Gasteiger partial charge in [0.1, 0.15) is 6.61 Å². The maximum absolute atomic E-state index is 12.8. The van der Waals surface area contributed by atoms with Crippen LogP contribution in [-0.2, 0) is 23.8 Å². The molecule has 0 spiro atoms. The summed E-state index contributed by atoms with van der Waals surface area (Å²) in [6.07, 6.45) is 72.7. The van der Waals surface area contributed by atoms with Gasteiger partial charge in [0.2, 0.25) is 0 Å². The Morgan fingerprint density at radius 2 is 0.734 bits per heavy atom. The van der Waals surface area contributed by atoms with Crippen molar-refractivity contribution in [3.63, 3.8) is 0 Å². The van der Waals surface area contributed by atoms with E-state index in [0.29, 0.717) is 19.4 Å². The molecule has 0 amide bonds. The molecular weight excluding hydrogens is 789 g/mol. The molecule has 0 bridgehead atoms. The minimum Gasteiger partial charge on any atom is -0.462 e. The van der Waals surface area contributed by atoms with E-state index < -0.39 is 6.10 Å². The normalized spacial score (nSPS) is 13.0. The molecule has 366 valence electrons. The van der Waals surface area contributed by atoms with E-state index in [1.165, 1.54) is 96.3 Å². The van der Waals surface area contributed by atoms with Crippen LogP contribution in [0, 0.1) is 0 Å². The molecule has 0 fully saturated rings. The van der Waals surface area contributed by atoms with Crippen LogP contribution in [0.15, 0.2) is 97.2 Å². The van der Waals surface area contributed by atoms with E-state index in [4.69, 9.17) is 14.2 Å². The predicted molar refractivity (Wildman–Crippen MR) is 279 cm³/mol. The summed E-state index contributed by atoms with van der Waals surface area (Å²) in [4.78, 5) is 25.4. The van der Waals surface area contributed by atoms with E-state index in [1.807, 2.05) is 0 Å². The zero-order valence-corrected chi connectivity index (χ0v) is 42.0. The van der Waals surface area contributed by atoms with Crippen molar-refractivity contribution in [3.8, 4) is 0 Å². The molecule has 0 rings (SSSR count). The lowest BCUT2D eigenvalue weighted by Gasteiger charge is -2.18. The second-order valence-electron chi connectivity index (χ2n) is 17.4. The van der Waals surface area contributed by atoms with Crippen LogP contribution in [0.3, 0.4) is 0 Å². The maximum atomic E-state index is 12.8. The van der Waals surface area contributed by atoms with E-state index in [0.717, 1.165) is 109 Å². The van der Waals surface area contributed by atoms with Gasteiger partial charge in [-0.25, -0.2) is 0 Å². The molecule has 1 atom stereocenters. The van der Waals surface area contributed by atoms with Gasteiger partial charge in [-0.2, -0.15) is 0 Å². The standard InChI is InChI=1S/C59H100O5/c1-4-7-10-13-16-19-22-25-27-28-29-30-31-33-36-39-42-45-48-51-54-62-55-57(64-59(61)53-50-47-44-41-38-34-24-21-18-15-12-9-6-3)56-63-58(60)52-49-46-43-40-37-35-32-26-23-20-17-14-11-8-5-2/h8,11-12,15-17,19-21,24-27,29-30,32,57H,4-7,9-10,13-14,18,22-23,28,31,33-56H2,1-3H3/b11-8-,15-12-,19-16-,20-17-,24-21-,27-25-,30-29-,32-26-. The molecule has 0 aliphatic carbocycles. The minimum atomic E-state index is -0.561. The van der Waals surface area contributed by atoms with Gasteiger partial charge in [0.15, 0.2) is 6.10 Å². The molecule has 0 N–H and O–H groups in total. The summed E-state index contributed by atoms with van der Waals surface area (Å²) in [5.74, 6) is -0.441. The lowest BCUT2D eigenvalue weighted by Crippen LogP contribution is -2.30. The summed E-state index contributed by atoms with van der Waals surface area (Å²) in [5, 5.41) is 0. The molecule has 0 aromatic heterocycles. The number of allylic oxidation sites excluding steroid dienone is 16. The number of hydrogen-bond acceptors (Lipinski definition) is 5. The van der Waals surface area contributed by atoms with Crippen LogP contribution in [0.2, 0.25) is 0 Å². The second-order valence-corrected chi connectivity index (χ2v) is 17.4. The predicted octanol–water partition coefficient (Wildman–Crippen LogP) is 18.2. The van der Waals surface area contributed by atoms with Gasteiger partial charge in [-0.3, -0.25) is 9.59 Å². The summed E-state index contributed by atoms with van der Waals surface area (Å²) in [6, 6.07) is 0. The highest BCUT2D eigenvalue weighted by Crippen LogP contribution is 2.13. The topological polar surface area (TPSA) is 61.8 Å². The fraction of sp³-hybridized carbons (Fsp3) is 0.695. The first-order chi connectivity index (χ1) is 31.6. The van der Waals surface area contributed by atoms with Crippen molar-refractivity contribution in [2.24, 2.45) is 0 Å². The molecule has 0 radical (unpaired) electrons. The molecule has 0 saturated carbocycles. The summed E-state index contributed by atoms with van der Waals surface area (Å²) in [7, 11) is 0. The molecule has 5 nitrogen and oxygen atoms in total. The van der Waals surface area contributed by atoms with Gasteiger partial charge >= 0.3 is 11.9 Å². The van der Waals surface area contributed by atoms with Crippen molar-refractivity contribution in [2.75, 3.05) is 19.8 Å². The Bertz CT molecular complexity index is 1230. The van der Waals surface area contributed by atoms with Gasteiger partial charge in [-0.1, -0.05) is 208 Å². The number of unbranched alkanes of at least 4 members (excludes halogenated alkanes) is 21. The molecule has 5 heteroatoms. The quantitative estimate of drug-likeness (QED) is 0.0346. The van der Waals surface area contributed by atoms with Crippen molar-refractivity contribution in [2.45, 2.75) is 245 Å². The monoisotopic (exact) mass is 889 g/mol. The highest BCUT2D eigenvalue weighted by Gasteiger charge is 2.17. The first-order valence-electron chi connectivity index (χ1n) is 26.8. The molecule has 0 aromatic rings. The van der Waals surface area contributed by atoms with E-state index in [1.54, 1.807) is 0 Å². The third-order valence-electron chi connectivity index (χ3n) is 11.1. The van der Waals surface area contributed by atoms with Gasteiger partial charge in [0.05, 0.1) is 6.61 Å². The SMILES string of the molecule is CC/C=C\C/C=C\C/C=C\CCCCCCCC(=O)OCC(COCCCCCCCCC/C=C\C/C=C\C/C=C\CCCCC)OC(=O)CCCCCCC/C=C\C/C=C\CCC. The molecule has 64 heavy (non-hydrogen) atoms. The van der Waals surface area contributed by atoms with Crippen molar-refractivity contribution in [1.29, 1.82) is 0 Å². The molecule has 0 saturated heterocycles. The molecule has 0 heterocycles. The Kier molecular flexibility index (Phi) is 51.5. The molecular formula is C59H100O5. The number of hydrogen-bond donors (Lipinski definition) is 0. The molecule has 0 aliphatic rings.